The van der Waals surface area contributed by atoms with Crippen LogP contribution < -0.4 is 5.32 Å². The maximum atomic E-state index is 11.4. The summed E-state index contributed by atoms with van der Waals surface area (Å²) in [7, 11) is 0. The molecule has 0 bridgehead atoms. The number of likely N-dealkylation sites (tertiary alicyclic amines) is 1. The minimum absolute atomic E-state index is 0.465. The van der Waals surface area contributed by atoms with Gasteiger partial charge in [0.25, 0.3) is 0 Å². The molecule has 0 aromatic carbocycles. The second-order valence-electron chi connectivity index (χ2n) is 5.05. The monoisotopic (exact) mass is 226 g/mol. The fraction of sp³-hybridized carbons (Fsp3) is 0.917. The Hall–Kier alpha value is -0.610. The molecule has 4 nitrogen and oxygen atoms in total. The van der Waals surface area contributed by atoms with Gasteiger partial charge in [0.05, 0.1) is 0 Å². The molecule has 2 aliphatic heterocycles. The maximum absolute atomic E-state index is 11.4. The van der Waals surface area contributed by atoms with Gasteiger partial charge >= 0.3 is 5.97 Å². The zero-order chi connectivity index (χ0) is 11.6. The molecule has 92 valence electrons. The number of nitrogens with zero attached hydrogens (tertiary/aromatic N) is 1. The fourth-order valence-electron chi connectivity index (χ4n) is 3.20. The Labute approximate surface area is 97.0 Å². The molecule has 16 heavy (non-hydrogen) atoms. The standard InChI is InChI=1S/C12H22N2O2/c1-2-14-8-3-5-10(14)9-12(11(15)16)6-4-7-13-12/h10,13H,2-9H2,1H3,(H,15,16). The molecule has 2 rings (SSSR count). The number of carboxylic acid groups (broad SMARTS) is 1. The Balaban J connectivity index is 2.03. The zero-order valence-corrected chi connectivity index (χ0v) is 10.0. The van der Waals surface area contributed by atoms with Crippen molar-refractivity contribution < 1.29 is 9.90 Å². The van der Waals surface area contributed by atoms with Gasteiger partial charge in [-0.25, -0.2) is 0 Å². The smallest absolute Gasteiger partial charge is 0.323 e. The van der Waals surface area contributed by atoms with E-state index in [-0.39, 0.29) is 0 Å². The van der Waals surface area contributed by atoms with E-state index in [1.807, 2.05) is 0 Å². The summed E-state index contributed by atoms with van der Waals surface area (Å²) in [6.07, 6.45) is 4.93. The number of hydrogen-bond donors (Lipinski definition) is 2. The van der Waals surface area contributed by atoms with E-state index in [0.717, 1.165) is 45.3 Å². The Bertz CT molecular complexity index is 262. The van der Waals surface area contributed by atoms with Gasteiger partial charge in [0.1, 0.15) is 5.54 Å². The molecule has 0 saturated carbocycles. The van der Waals surface area contributed by atoms with Crippen LogP contribution in [0.5, 0.6) is 0 Å². The Morgan fingerprint density at radius 1 is 1.56 bits per heavy atom. The van der Waals surface area contributed by atoms with E-state index in [4.69, 9.17) is 0 Å². The van der Waals surface area contributed by atoms with Crippen LogP contribution in [0.25, 0.3) is 0 Å². The lowest BCUT2D eigenvalue weighted by atomic mass is 9.88. The normalized spacial score (nSPS) is 35.7. The molecular formula is C12H22N2O2. The lowest BCUT2D eigenvalue weighted by molar-refractivity contribution is -0.145. The van der Waals surface area contributed by atoms with Crippen LogP contribution in [-0.2, 0) is 4.79 Å². The van der Waals surface area contributed by atoms with Crippen LogP contribution in [-0.4, -0.2) is 47.2 Å². The van der Waals surface area contributed by atoms with E-state index in [9.17, 15) is 9.90 Å². The summed E-state index contributed by atoms with van der Waals surface area (Å²) >= 11 is 0. The molecule has 2 heterocycles. The Morgan fingerprint density at radius 2 is 2.38 bits per heavy atom. The van der Waals surface area contributed by atoms with E-state index in [1.165, 1.54) is 6.42 Å². The minimum atomic E-state index is -0.659. The van der Waals surface area contributed by atoms with Crippen molar-refractivity contribution in [3.8, 4) is 0 Å². The van der Waals surface area contributed by atoms with Gasteiger partial charge in [0, 0.05) is 6.04 Å². The van der Waals surface area contributed by atoms with Gasteiger partial charge in [-0.2, -0.15) is 0 Å². The summed E-state index contributed by atoms with van der Waals surface area (Å²) in [6.45, 7) is 5.19. The lowest BCUT2D eigenvalue weighted by Gasteiger charge is -2.32. The van der Waals surface area contributed by atoms with Crippen LogP contribution in [0.3, 0.4) is 0 Å². The van der Waals surface area contributed by atoms with E-state index in [2.05, 4.69) is 17.1 Å². The van der Waals surface area contributed by atoms with Crippen molar-refractivity contribution in [2.24, 2.45) is 0 Å². The van der Waals surface area contributed by atoms with Crippen molar-refractivity contribution in [1.29, 1.82) is 0 Å². The molecule has 0 aromatic heterocycles. The number of carboxylic acids is 1. The summed E-state index contributed by atoms with van der Waals surface area (Å²) in [5.41, 5.74) is -0.636. The first kappa shape index (κ1) is 11.9. The van der Waals surface area contributed by atoms with Crippen molar-refractivity contribution in [1.82, 2.24) is 10.2 Å². The molecule has 0 spiro atoms. The average Bonchev–Trinajstić information content (AvgIpc) is 2.88. The number of aliphatic carboxylic acids is 1. The molecule has 0 aliphatic carbocycles. The van der Waals surface area contributed by atoms with Crippen molar-refractivity contribution in [2.75, 3.05) is 19.6 Å². The van der Waals surface area contributed by atoms with E-state index >= 15 is 0 Å². The fourth-order valence-corrected chi connectivity index (χ4v) is 3.20. The first-order valence-electron chi connectivity index (χ1n) is 6.40. The van der Waals surface area contributed by atoms with E-state index in [1.54, 1.807) is 0 Å². The lowest BCUT2D eigenvalue weighted by Crippen LogP contribution is -2.51. The van der Waals surface area contributed by atoms with Gasteiger partial charge in [-0.05, 0) is 51.7 Å². The summed E-state index contributed by atoms with van der Waals surface area (Å²) in [5.74, 6) is -0.659. The first-order chi connectivity index (χ1) is 7.68. The van der Waals surface area contributed by atoms with Gasteiger partial charge in [-0.15, -0.1) is 0 Å². The second kappa shape index (κ2) is 4.72. The molecule has 2 saturated heterocycles. The molecular weight excluding hydrogens is 204 g/mol. The molecule has 2 fully saturated rings. The maximum Gasteiger partial charge on any atom is 0.323 e. The minimum Gasteiger partial charge on any atom is -0.480 e. The quantitative estimate of drug-likeness (QED) is 0.753. The molecule has 2 atom stereocenters. The van der Waals surface area contributed by atoms with E-state index in [0.29, 0.717) is 6.04 Å². The second-order valence-corrected chi connectivity index (χ2v) is 5.05. The molecule has 0 aromatic rings. The van der Waals surface area contributed by atoms with Crippen molar-refractivity contribution in [3.63, 3.8) is 0 Å². The van der Waals surface area contributed by atoms with Crippen LogP contribution in [0.15, 0.2) is 0 Å². The highest BCUT2D eigenvalue weighted by Crippen LogP contribution is 2.31. The third-order valence-electron chi connectivity index (χ3n) is 4.14. The number of nitrogens with one attached hydrogen (secondary N) is 1. The average molecular weight is 226 g/mol. The summed E-state index contributed by atoms with van der Waals surface area (Å²) in [6, 6.07) is 0.465. The van der Waals surface area contributed by atoms with Gasteiger partial charge in [0.15, 0.2) is 0 Å². The highest BCUT2D eigenvalue weighted by atomic mass is 16.4. The molecule has 0 radical (unpaired) electrons. The van der Waals surface area contributed by atoms with Crippen molar-refractivity contribution in [3.05, 3.63) is 0 Å². The molecule has 2 aliphatic rings. The van der Waals surface area contributed by atoms with Gasteiger partial charge in [0.2, 0.25) is 0 Å². The van der Waals surface area contributed by atoms with Crippen LogP contribution in [0.4, 0.5) is 0 Å². The van der Waals surface area contributed by atoms with Crippen LogP contribution in [0.2, 0.25) is 0 Å². The highest BCUT2D eigenvalue weighted by molar-refractivity contribution is 5.79. The predicted molar refractivity (Wildman–Crippen MR) is 62.5 cm³/mol. The SMILES string of the molecule is CCN1CCCC1CC1(C(=O)O)CCCN1. The van der Waals surface area contributed by atoms with E-state index < -0.39 is 11.5 Å². The third kappa shape index (κ3) is 2.09. The van der Waals surface area contributed by atoms with Crippen LogP contribution in [0, 0.1) is 0 Å². The van der Waals surface area contributed by atoms with Gasteiger partial charge < -0.3 is 15.3 Å². The van der Waals surface area contributed by atoms with Crippen LogP contribution >= 0.6 is 0 Å². The molecule has 0 amide bonds. The van der Waals surface area contributed by atoms with Gasteiger partial charge in [-0.3, -0.25) is 4.79 Å². The topological polar surface area (TPSA) is 52.6 Å². The highest BCUT2D eigenvalue weighted by Gasteiger charge is 2.44. The first-order valence-corrected chi connectivity index (χ1v) is 6.40. The summed E-state index contributed by atoms with van der Waals surface area (Å²) in [5, 5.41) is 12.6. The Morgan fingerprint density at radius 3 is 2.94 bits per heavy atom. The molecule has 4 heteroatoms. The van der Waals surface area contributed by atoms with Crippen molar-refractivity contribution in [2.45, 2.75) is 50.6 Å². The number of carbonyl (C=O) groups is 1. The third-order valence-corrected chi connectivity index (χ3v) is 4.14. The largest absolute Gasteiger partial charge is 0.480 e. The number of rotatable bonds is 4. The zero-order valence-electron chi connectivity index (χ0n) is 10.0. The predicted octanol–water partition coefficient (Wildman–Crippen LogP) is 1.07. The summed E-state index contributed by atoms with van der Waals surface area (Å²) in [4.78, 5) is 13.8. The Kier molecular flexibility index (Phi) is 3.50. The molecule has 2 N–H and O–H groups in total. The summed E-state index contributed by atoms with van der Waals surface area (Å²) < 4.78 is 0. The number of hydrogen-bond acceptors (Lipinski definition) is 3. The van der Waals surface area contributed by atoms with Gasteiger partial charge in [-0.1, -0.05) is 6.92 Å². The van der Waals surface area contributed by atoms with Crippen LogP contribution in [0.1, 0.15) is 39.0 Å². The molecule has 2 unspecified atom stereocenters. The van der Waals surface area contributed by atoms with Crippen molar-refractivity contribution >= 4 is 5.97 Å².